The van der Waals surface area contributed by atoms with Gasteiger partial charge in [-0.3, -0.25) is 9.59 Å². The first kappa shape index (κ1) is 16.6. The van der Waals surface area contributed by atoms with E-state index < -0.39 is 36.9 Å². The Bertz CT molecular complexity index is 303. The molecule has 0 spiro atoms. The normalized spacial score (nSPS) is 12.1. The number of carbonyl (C=O) groups excluding carboxylic acids is 2. The second kappa shape index (κ2) is 6.50. The first-order valence-electron chi connectivity index (χ1n) is 5.01. The molecule has 4 nitrogen and oxygen atoms in total. The van der Waals surface area contributed by atoms with Crippen LogP contribution in [-0.4, -0.2) is 37.1 Å². The highest BCUT2D eigenvalue weighted by atomic mass is 19.4. The maximum Gasteiger partial charge on any atom is 0.463 e. The summed E-state index contributed by atoms with van der Waals surface area (Å²) in [6.45, 7) is 1.19. The summed E-state index contributed by atoms with van der Waals surface area (Å²) >= 11 is 0. The fourth-order valence-electron chi connectivity index (χ4n) is 0.806. The van der Waals surface area contributed by atoms with Crippen LogP contribution in [-0.2, 0) is 14.3 Å². The van der Waals surface area contributed by atoms with Crippen molar-refractivity contribution < 1.29 is 36.3 Å². The van der Waals surface area contributed by atoms with Gasteiger partial charge in [0.05, 0.1) is 13.0 Å². The average molecular weight is 277 g/mol. The molecule has 9 heteroatoms. The van der Waals surface area contributed by atoms with Gasteiger partial charge in [-0.15, -0.1) is 0 Å². The first-order chi connectivity index (χ1) is 8.13. The molecule has 0 bridgehead atoms. The van der Waals surface area contributed by atoms with Gasteiger partial charge in [0.1, 0.15) is 0 Å². The number of nitrogens with one attached hydrogen (secondary N) is 1. The highest BCUT2D eigenvalue weighted by Crippen LogP contribution is 2.35. The van der Waals surface area contributed by atoms with Gasteiger partial charge in [-0.1, -0.05) is 6.92 Å². The summed E-state index contributed by atoms with van der Waals surface area (Å²) in [5, 5.41) is 1.33. The highest BCUT2D eigenvalue weighted by molar-refractivity contribution is 5.84. The van der Waals surface area contributed by atoms with Crippen molar-refractivity contribution in [1.82, 2.24) is 5.32 Å². The lowest BCUT2D eigenvalue weighted by Crippen LogP contribution is -2.50. The van der Waals surface area contributed by atoms with Crippen molar-refractivity contribution in [3.05, 3.63) is 0 Å². The Balaban J connectivity index is 4.09. The number of halogens is 5. The topological polar surface area (TPSA) is 55.4 Å². The minimum absolute atomic E-state index is 0.117. The molecule has 0 saturated carbocycles. The van der Waals surface area contributed by atoms with Crippen LogP contribution >= 0.6 is 0 Å². The quantitative estimate of drug-likeness (QED) is 0.593. The fraction of sp³-hybridized carbons (Fsp3) is 0.778. The van der Waals surface area contributed by atoms with E-state index in [0.717, 1.165) is 0 Å². The molecule has 0 aliphatic heterocycles. The number of amides is 1. The van der Waals surface area contributed by atoms with Crippen molar-refractivity contribution in [2.24, 2.45) is 0 Å². The molecular formula is C9H12F5NO3. The third kappa shape index (κ3) is 4.84. The van der Waals surface area contributed by atoms with Crippen molar-refractivity contribution in [2.45, 2.75) is 31.9 Å². The van der Waals surface area contributed by atoms with Crippen LogP contribution in [0.1, 0.15) is 19.8 Å². The van der Waals surface area contributed by atoms with Gasteiger partial charge in [0, 0.05) is 6.54 Å². The Morgan fingerprint density at radius 1 is 1.17 bits per heavy atom. The lowest BCUT2D eigenvalue weighted by molar-refractivity contribution is -0.269. The summed E-state index contributed by atoms with van der Waals surface area (Å²) in [6, 6.07) is 0. The largest absolute Gasteiger partial charge is 0.466 e. The molecule has 0 aliphatic carbocycles. The Kier molecular flexibility index (Phi) is 5.99. The second-order valence-corrected chi connectivity index (χ2v) is 3.30. The number of carbonyl (C=O) groups is 2. The molecule has 1 amide bonds. The van der Waals surface area contributed by atoms with E-state index in [2.05, 4.69) is 4.74 Å². The average Bonchev–Trinajstić information content (AvgIpc) is 2.24. The van der Waals surface area contributed by atoms with Gasteiger partial charge in [-0.2, -0.15) is 22.0 Å². The van der Waals surface area contributed by atoms with E-state index in [4.69, 9.17) is 0 Å². The number of hydrogen-bond donors (Lipinski definition) is 1. The zero-order valence-corrected chi connectivity index (χ0v) is 9.44. The number of esters is 1. The molecule has 0 atom stereocenters. The summed E-state index contributed by atoms with van der Waals surface area (Å²) in [5.74, 6) is -8.74. The second-order valence-electron chi connectivity index (χ2n) is 3.30. The maximum absolute atomic E-state index is 12.4. The number of alkyl halides is 5. The molecule has 0 aromatic rings. The number of hydrogen-bond acceptors (Lipinski definition) is 3. The predicted molar refractivity (Wildman–Crippen MR) is 49.9 cm³/mol. The molecule has 0 rings (SSSR count). The molecule has 0 unspecified atom stereocenters. The number of rotatable bonds is 6. The van der Waals surface area contributed by atoms with Gasteiger partial charge in [-0.25, -0.2) is 0 Å². The van der Waals surface area contributed by atoms with Crippen LogP contribution in [0.3, 0.4) is 0 Å². The molecule has 1 N–H and O–H groups in total. The number of ether oxygens (including phenoxy) is 1. The minimum atomic E-state index is -5.96. The summed E-state index contributed by atoms with van der Waals surface area (Å²) in [5.41, 5.74) is 0. The first-order valence-corrected chi connectivity index (χ1v) is 5.01. The van der Waals surface area contributed by atoms with Crippen molar-refractivity contribution in [3.63, 3.8) is 0 Å². The van der Waals surface area contributed by atoms with Crippen molar-refractivity contribution >= 4 is 11.9 Å². The molecule has 0 saturated heterocycles. The van der Waals surface area contributed by atoms with Gasteiger partial charge in [-0.05, 0) is 6.42 Å². The van der Waals surface area contributed by atoms with E-state index in [0.29, 0.717) is 6.42 Å². The smallest absolute Gasteiger partial charge is 0.463 e. The van der Waals surface area contributed by atoms with Gasteiger partial charge in [0.15, 0.2) is 0 Å². The molecule has 0 fully saturated rings. The fourth-order valence-corrected chi connectivity index (χ4v) is 0.806. The third-order valence-electron chi connectivity index (χ3n) is 1.72. The zero-order valence-electron chi connectivity index (χ0n) is 9.44. The molecule has 0 aliphatic rings. The van der Waals surface area contributed by atoms with Crippen molar-refractivity contribution in [1.29, 1.82) is 0 Å². The molecule has 0 aromatic heterocycles. The van der Waals surface area contributed by atoms with Crippen LogP contribution in [0.5, 0.6) is 0 Å². The monoisotopic (exact) mass is 277 g/mol. The minimum Gasteiger partial charge on any atom is -0.466 e. The summed E-state index contributed by atoms with van der Waals surface area (Å²) in [6.07, 6.45) is -5.89. The Morgan fingerprint density at radius 2 is 1.72 bits per heavy atom. The van der Waals surface area contributed by atoms with Crippen LogP contribution in [0.25, 0.3) is 0 Å². The van der Waals surface area contributed by atoms with E-state index in [1.807, 2.05) is 0 Å². The molecule has 106 valence electrons. The molecule has 18 heavy (non-hydrogen) atoms. The third-order valence-corrected chi connectivity index (χ3v) is 1.72. The Hall–Kier alpha value is -1.41. The van der Waals surface area contributed by atoms with Gasteiger partial charge >= 0.3 is 18.1 Å². The molecule has 0 radical (unpaired) electrons. The van der Waals surface area contributed by atoms with Gasteiger partial charge < -0.3 is 10.1 Å². The van der Waals surface area contributed by atoms with E-state index in [1.54, 1.807) is 6.92 Å². The van der Waals surface area contributed by atoms with Crippen LogP contribution in [0.2, 0.25) is 0 Å². The van der Waals surface area contributed by atoms with E-state index in [-0.39, 0.29) is 6.61 Å². The van der Waals surface area contributed by atoms with E-state index >= 15 is 0 Å². The lowest BCUT2D eigenvalue weighted by atomic mass is 10.3. The Labute approximate surface area is 99.5 Å². The summed E-state index contributed by atoms with van der Waals surface area (Å²) < 4.78 is 64.5. The molecule has 0 heterocycles. The van der Waals surface area contributed by atoms with E-state index in [1.165, 1.54) is 5.32 Å². The van der Waals surface area contributed by atoms with Crippen LogP contribution < -0.4 is 5.32 Å². The van der Waals surface area contributed by atoms with Gasteiger partial charge in [0.25, 0.3) is 5.91 Å². The maximum atomic E-state index is 12.4. The van der Waals surface area contributed by atoms with Crippen molar-refractivity contribution in [3.8, 4) is 0 Å². The van der Waals surface area contributed by atoms with Crippen LogP contribution in [0, 0.1) is 0 Å². The Morgan fingerprint density at radius 3 is 2.17 bits per heavy atom. The highest BCUT2D eigenvalue weighted by Gasteiger charge is 2.63. The van der Waals surface area contributed by atoms with Crippen LogP contribution in [0.15, 0.2) is 0 Å². The lowest BCUT2D eigenvalue weighted by Gasteiger charge is -2.18. The summed E-state index contributed by atoms with van der Waals surface area (Å²) in [4.78, 5) is 21.4. The molecular weight excluding hydrogens is 265 g/mol. The SMILES string of the molecule is CCCOC(=O)CCNC(=O)C(F)(F)C(F)(F)F. The van der Waals surface area contributed by atoms with Crippen LogP contribution in [0.4, 0.5) is 22.0 Å². The van der Waals surface area contributed by atoms with Crippen molar-refractivity contribution in [2.75, 3.05) is 13.2 Å². The molecule has 0 aromatic carbocycles. The van der Waals surface area contributed by atoms with Gasteiger partial charge in [0.2, 0.25) is 0 Å². The summed E-state index contributed by atoms with van der Waals surface area (Å²) in [7, 11) is 0. The zero-order chi connectivity index (χ0) is 14.4. The van der Waals surface area contributed by atoms with E-state index in [9.17, 15) is 31.5 Å². The predicted octanol–water partition coefficient (Wildman–Crippen LogP) is 1.64. The standard InChI is InChI=1S/C9H12F5NO3/c1-2-5-18-6(16)3-4-15-7(17)8(10,11)9(12,13)14/h2-5H2,1H3,(H,15,17).